The molecule has 3 rings (SSSR count). The third kappa shape index (κ3) is 4.89. The molecule has 1 amide bonds. The summed E-state index contributed by atoms with van der Waals surface area (Å²) in [6.07, 6.45) is 6.98. The summed E-state index contributed by atoms with van der Waals surface area (Å²) in [6, 6.07) is 0.563. The maximum absolute atomic E-state index is 12.1. The van der Waals surface area contributed by atoms with E-state index in [1.807, 2.05) is 0 Å². The molecule has 2 heterocycles. The highest BCUT2D eigenvalue weighted by Gasteiger charge is 2.32. The van der Waals surface area contributed by atoms with Crippen molar-refractivity contribution in [3.8, 4) is 0 Å². The molecule has 6 heteroatoms. The first-order chi connectivity index (χ1) is 11.2. The van der Waals surface area contributed by atoms with Crippen LogP contribution in [0.3, 0.4) is 0 Å². The molecular formula is C17H30N2O4. The van der Waals surface area contributed by atoms with Gasteiger partial charge in [-0.2, -0.15) is 0 Å². The first-order valence-corrected chi connectivity index (χ1v) is 9.17. The third-order valence-corrected chi connectivity index (χ3v) is 5.31. The fourth-order valence-electron chi connectivity index (χ4n) is 3.99. The molecule has 2 N–H and O–H groups in total. The van der Waals surface area contributed by atoms with Crippen LogP contribution in [-0.4, -0.2) is 66.7 Å². The summed E-state index contributed by atoms with van der Waals surface area (Å²) in [5.41, 5.74) is 0. The van der Waals surface area contributed by atoms with E-state index in [1.165, 1.54) is 6.42 Å². The Morgan fingerprint density at radius 2 is 1.74 bits per heavy atom. The number of carbonyl (C=O) groups excluding carboxylic acids is 1. The number of amides is 1. The first-order valence-electron chi connectivity index (χ1n) is 9.17. The van der Waals surface area contributed by atoms with Crippen molar-refractivity contribution in [2.24, 2.45) is 0 Å². The van der Waals surface area contributed by atoms with Gasteiger partial charge in [-0.3, -0.25) is 9.69 Å². The standard InChI is InChI=1S/C17H30N2O4/c20-15-5-2-1-4-14(15)19-8-6-13(7-9-19)18-16(21)12-17-22-10-3-11-23-17/h13-15,17,20H,1-12H2,(H,18,21). The molecular weight excluding hydrogens is 296 g/mol. The molecule has 3 fully saturated rings. The van der Waals surface area contributed by atoms with Crippen LogP contribution < -0.4 is 5.32 Å². The largest absolute Gasteiger partial charge is 0.391 e. The molecule has 0 spiro atoms. The van der Waals surface area contributed by atoms with Gasteiger partial charge < -0.3 is 19.9 Å². The molecule has 3 aliphatic rings. The van der Waals surface area contributed by atoms with E-state index < -0.39 is 0 Å². The van der Waals surface area contributed by atoms with Gasteiger partial charge in [0.05, 0.1) is 25.7 Å². The predicted molar refractivity (Wildman–Crippen MR) is 85.9 cm³/mol. The molecule has 1 saturated carbocycles. The monoisotopic (exact) mass is 326 g/mol. The molecule has 0 aromatic rings. The Morgan fingerprint density at radius 1 is 1.04 bits per heavy atom. The number of piperidine rings is 1. The number of nitrogens with zero attached hydrogens (tertiary/aromatic N) is 1. The van der Waals surface area contributed by atoms with E-state index >= 15 is 0 Å². The van der Waals surface area contributed by atoms with E-state index in [0.717, 1.165) is 51.6 Å². The van der Waals surface area contributed by atoms with E-state index in [1.54, 1.807) is 0 Å². The van der Waals surface area contributed by atoms with Gasteiger partial charge in [0.1, 0.15) is 0 Å². The molecule has 2 unspecified atom stereocenters. The van der Waals surface area contributed by atoms with E-state index in [2.05, 4.69) is 10.2 Å². The second-order valence-corrected chi connectivity index (χ2v) is 7.03. The van der Waals surface area contributed by atoms with Crippen molar-refractivity contribution in [3.63, 3.8) is 0 Å². The first kappa shape index (κ1) is 17.1. The van der Waals surface area contributed by atoms with Gasteiger partial charge in [0.2, 0.25) is 5.91 Å². The third-order valence-electron chi connectivity index (χ3n) is 5.31. The van der Waals surface area contributed by atoms with Crippen molar-refractivity contribution in [1.29, 1.82) is 0 Å². The Morgan fingerprint density at radius 3 is 2.43 bits per heavy atom. The molecule has 6 nitrogen and oxygen atoms in total. The van der Waals surface area contributed by atoms with Crippen LogP contribution >= 0.6 is 0 Å². The van der Waals surface area contributed by atoms with E-state index in [4.69, 9.17) is 9.47 Å². The van der Waals surface area contributed by atoms with Gasteiger partial charge >= 0.3 is 0 Å². The van der Waals surface area contributed by atoms with Crippen LogP contribution in [0.4, 0.5) is 0 Å². The van der Waals surface area contributed by atoms with Crippen molar-refractivity contribution in [2.45, 2.75) is 75.8 Å². The average Bonchev–Trinajstić information content (AvgIpc) is 2.57. The number of ether oxygens (including phenoxy) is 2. The predicted octanol–water partition coefficient (Wildman–Crippen LogP) is 1.02. The lowest BCUT2D eigenvalue weighted by Gasteiger charge is -2.41. The Hall–Kier alpha value is -0.690. The molecule has 1 aliphatic carbocycles. The second kappa shape index (κ2) is 8.42. The number of aliphatic hydroxyl groups excluding tert-OH is 1. The Kier molecular flexibility index (Phi) is 6.28. The van der Waals surface area contributed by atoms with Crippen molar-refractivity contribution < 1.29 is 19.4 Å². The average molecular weight is 326 g/mol. The highest BCUT2D eigenvalue weighted by molar-refractivity contribution is 5.76. The molecule has 2 atom stereocenters. The van der Waals surface area contributed by atoms with Crippen LogP contribution in [0.2, 0.25) is 0 Å². The zero-order chi connectivity index (χ0) is 16.1. The zero-order valence-electron chi connectivity index (χ0n) is 13.9. The summed E-state index contributed by atoms with van der Waals surface area (Å²) >= 11 is 0. The van der Waals surface area contributed by atoms with Crippen LogP contribution in [0.5, 0.6) is 0 Å². The number of aliphatic hydroxyl groups is 1. The quantitative estimate of drug-likeness (QED) is 0.807. The fourth-order valence-corrected chi connectivity index (χ4v) is 3.99. The summed E-state index contributed by atoms with van der Waals surface area (Å²) in [4.78, 5) is 14.5. The number of hydrogen-bond acceptors (Lipinski definition) is 5. The van der Waals surface area contributed by atoms with Gasteiger partial charge in [-0.05, 0) is 32.1 Å². The minimum atomic E-state index is -0.374. The number of carbonyl (C=O) groups is 1. The Balaban J connectivity index is 1.37. The summed E-state index contributed by atoms with van der Waals surface area (Å²) in [5, 5.41) is 13.3. The lowest BCUT2D eigenvalue weighted by molar-refractivity contribution is -0.184. The molecule has 0 radical (unpaired) electrons. The van der Waals surface area contributed by atoms with Gasteiger partial charge in [0.15, 0.2) is 6.29 Å². The smallest absolute Gasteiger partial charge is 0.225 e. The van der Waals surface area contributed by atoms with Crippen LogP contribution in [-0.2, 0) is 14.3 Å². The molecule has 2 aliphatic heterocycles. The second-order valence-electron chi connectivity index (χ2n) is 7.03. The summed E-state index contributed by atoms with van der Waals surface area (Å²) in [6.45, 7) is 3.28. The SMILES string of the molecule is O=C(CC1OCCCO1)NC1CCN(C2CCCCC2O)CC1. The number of hydrogen-bond donors (Lipinski definition) is 2. The van der Waals surface area contributed by atoms with E-state index in [9.17, 15) is 9.90 Å². The van der Waals surface area contributed by atoms with Crippen LogP contribution in [0.1, 0.15) is 51.4 Å². The summed E-state index contributed by atoms with van der Waals surface area (Å²) < 4.78 is 10.9. The minimum Gasteiger partial charge on any atom is -0.391 e. The highest BCUT2D eigenvalue weighted by atomic mass is 16.7. The van der Waals surface area contributed by atoms with Crippen LogP contribution in [0.15, 0.2) is 0 Å². The van der Waals surface area contributed by atoms with Crippen LogP contribution in [0, 0.1) is 0 Å². The summed E-state index contributed by atoms with van der Waals surface area (Å²) in [7, 11) is 0. The molecule has 0 bridgehead atoms. The molecule has 0 aromatic carbocycles. The van der Waals surface area contributed by atoms with Gasteiger partial charge in [-0.25, -0.2) is 0 Å². The number of nitrogens with one attached hydrogen (secondary N) is 1. The zero-order valence-corrected chi connectivity index (χ0v) is 13.9. The maximum atomic E-state index is 12.1. The molecule has 132 valence electrons. The van der Waals surface area contributed by atoms with Crippen LogP contribution in [0.25, 0.3) is 0 Å². The van der Waals surface area contributed by atoms with Crippen molar-refractivity contribution in [2.75, 3.05) is 26.3 Å². The topological polar surface area (TPSA) is 71.0 Å². The lowest BCUT2D eigenvalue weighted by atomic mass is 9.89. The van der Waals surface area contributed by atoms with Gasteiger partial charge in [-0.15, -0.1) is 0 Å². The Bertz CT molecular complexity index is 379. The Labute approximate surface area is 138 Å². The van der Waals surface area contributed by atoms with Crippen molar-refractivity contribution >= 4 is 5.91 Å². The van der Waals surface area contributed by atoms with Gasteiger partial charge in [-0.1, -0.05) is 12.8 Å². The van der Waals surface area contributed by atoms with Crippen molar-refractivity contribution in [3.05, 3.63) is 0 Å². The molecule has 23 heavy (non-hydrogen) atoms. The lowest BCUT2D eigenvalue weighted by Crippen LogP contribution is -2.52. The summed E-state index contributed by atoms with van der Waals surface area (Å²) in [5.74, 6) is 0.0213. The van der Waals surface area contributed by atoms with E-state index in [-0.39, 0.29) is 24.3 Å². The number of likely N-dealkylation sites (tertiary alicyclic amines) is 1. The maximum Gasteiger partial charge on any atom is 0.225 e. The minimum absolute atomic E-state index is 0.0213. The van der Waals surface area contributed by atoms with Gasteiger partial charge in [0.25, 0.3) is 0 Å². The number of rotatable bonds is 4. The molecule has 2 saturated heterocycles. The van der Waals surface area contributed by atoms with E-state index in [0.29, 0.717) is 25.7 Å². The molecule has 0 aromatic heterocycles. The highest BCUT2D eigenvalue weighted by Crippen LogP contribution is 2.26. The van der Waals surface area contributed by atoms with Crippen molar-refractivity contribution in [1.82, 2.24) is 10.2 Å². The fraction of sp³-hybridized carbons (Fsp3) is 0.941. The normalized spacial score (nSPS) is 31.9. The van der Waals surface area contributed by atoms with Gasteiger partial charge in [0, 0.05) is 25.2 Å².